The summed E-state index contributed by atoms with van der Waals surface area (Å²) in [6.45, 7) is 0. The van der Waals surface area contributed by atoms with E-state index in [9.17, 15) is 13.6 Å². The van der Waals surface area contributed by atoms with Crippen molar-refractivity contribution < 1.29 is 13.6 Å². The molecule has 7 heteroatoms. The molecule has 0 saturated carbocycles. The van der Waals surface area contributed by atoms with Crippen molar-refractivity contribution in [2.75, 3.05) is 17.3 Å². The first-order chi connectivity index (χ1) is 12.0. The van der Waals surface area contributed by atoms with E-state index in [2.05, 4.69) is 15.3 Å². The van der Waals surface area contributed by atoms with Crippen molar-refractivity contribution in [3.8, 4) is 0 Å². The smallest absolute Gasteiger partial charge is 0.297 e. The van der Waals surface area contributed by atoms with E-state index in [1.165, 1.54) is 0 Å². The van der Waals surface area contributed by atoms with Crippen molar-refractivity contribution in [1.29, 1.82) is 0 Å². The van der Waals surface area contributed by atoms with Gasteiger partial charge in [0.1, 0.15) is 5.82 Å². The third-order valence-corrected chi connectivity index (χ3v) is 4.24. The minimum atomic E-state index is -2.75. The summed E-state index contributed by atoms with van der Waals surface area (Å²) in [4.78, 5) is 21.3. The van der Waals surface area contributed by atoms with E-state index in [1.807, 2.05) is 12.1 Å². The van der Waals surface area contributed by atoms with Crippen LogP contribution in [0.5, 0.6) is 0 Å². The van der Waals surface area contributed by atoms with Crippen LogP contribution in [0.25, 0.3) is 10.9 Å². The lowest BCUT2D eigenvalue weighted by Crippen LogP contribution is -2.20. The molecule has 1 amide bonds. The third kappa shape index (κ3) is 2.67. The Morgan fingerprint density at radius 2 is 1.96 bits per heavy atom. The molecule has 3 aromatic rings. The number of halogens is 2. The Hall–Kier alpha value is -3.09. The molecule has 0 aliphatic carbocycles. The Morgan fingerprint density at radius 3 is 2.76 bits per heavy atom. The maximum Gasteiger partial charge on any atom is 0.297 e. The van der Waals surface area contributed by atoms with Gasteiger partial charge in [-0.3, -0.25) is 4.79 Å². The number of carbonyl (C=O) groups excluding carboxylic acids is 1. The summed E-state index contributed by atoms with van der Waals surface area (Å²) < 4.78 is 26.2. The van der Waals surface area contributed by atoms with Gasteiger partial charge >= 0.3 is 0 Å². The number of hydrogen-bond acceptors (Lipinski definition) is 4. The summed E-state index contributed by atoms with van der Waals surface area (Å²) in [5.74, 6) is -0.171. The molecule has 1 N–H and O–H groups in total. The fourth-order valence-corrected chi connectivity index (χ4v) is 2.97. The minimum Gasteiger partial charge on any atom is -0.340 e. The molecule has 1 aliphatic rings. The van der Waals surface area contributed by atoms with Crippen LogP contribution in [-0.2, 0) is 11.2 Å². The van der Waals surface area contributed by atoms with Crippen LogP contribution in [0.15, 0.2) is 42.5 Å². The van der Waals surface area contributed by atoms with Gasteiger partial charge in [-0.2, -0.15) is 0 Å². The molecule has 0 fully saturated rings. The largest absolute Gasteiger partial charge is 0.340 e. The lowest BCUT2D eigenvalue weighted by atomic mass is 10.1. The number of fused-ring (bicyclic) bond motifs is 2. The van der Waals surface area contributed by atoms with E-state index < -0.39 is 12.2 Å². The monoisotopic (exact) mass is 340 g/mol. The normalized spacial score (nSPS) is 13.6. The Morgan fingerprint density at radius 1 is 1.16 bits per heavy atom. The summed E-state index contributed by atoms with van der Waals surface area (Å²) >= 11 is 0. The lowest BCUT2D eigenvalue weighted by Gasteiger charge is -2.13. The molecule has 1 aromatic heterocycles. The molecule has 5 nitrogen and oxygen atoms in total. The molecule has 2 aromatic carbocycles. The van der Waals surface area contributed by atoms with Crippen molar-refractivity contribution in [2.24, 2.45) is 0 Å². The van der Waals surface area contributed by atoms with Crippen molar-refractivity contribution in [3.63, 3.8) is 0 Å². The second kappa shape index (κ2) is 5.77. The van der Waals surface area contributed by atoms with Crippen molar-refractivity contribution >= 4 is 34.0 Å². The van der Waals surface area contributed by atoms with E-state index in [4.69, 9.17) is 0 Å². The third-order valence-electron chi connectivity index (χ3n) is 4.24. The maximum atomic E-state index is 13.1. The van der Waals surface area contributed by atoms with Gasteiger partial charge in [0.25, 0.3) is 6.43 Å². The zero-order chi connectivity index (χ0) is 17.6. The summed E-state index contributed by atoms with van der Waals surface area (Å²) in [5, 5.41) is 3.74. The Kier molecular flexibility index (Phi) is 3.56. The van der Waals surface area contributed by atoms with Gasteiger partial charge in [-0.1, -0.05) is 12.1 Å². The molecule has 0 radical (unpaired) electrons. The standard InChI is InChI=1S/C18H14F2N4O/c1-24-14-7-6-11(8-10(14)9-15(24)25)21-17-12-4-2-3-5-13(12)22-18(23-17)16(19)20/h2-8,16H,9H2,1H3,(H,21,22,23). The van der Waals surface area contributed by atoms with Crippen LogP contribution in [0.2, 0.25) is 0 Å². The number of nitrogens with zero attached hydrogens (tertiary/aromatic N) is 3. The number of benzene rings is 2. The van der Waals surface area contributed by atoms with Crippen LogP contribution in [0.3, 0.4) is 0 Å². The van der Waals surface area contributed by atoms with Crippen molar-refractivity contribution in [3.05, 3.63) is 53.9 Å². The molecule has 0 unspecified atom stereocenters. The quantitative estimate of drug-likeness (QED) is 0.787. The SMILES string of the molecule is CN1C(=O)Cc2cc(Nc3nc(C(F)F)nc4ccccc34)ccc21. The first-order valence-corrected chi connectivity index (χ1v) is 7.74. The first-order valence-electron chi connectivity index (χ1n) is 7.74. The molecule has 0 atom stereocenters. The predicted octanol–water partition coefficient (Wildman–Crippen LogP) is 3.83. The molecule has 0 bridgehead atoms. The molecule has 2 heterocycles. The Balaban J connectivity index is 1.76. The average molecular weight is 340 g/mol. The predicted molar refractivity (Wildman–Crippen MR) is 91.3 cm³/mol. The van der Waals surface area contributed by atoms with Gasteiger partial charge < -0.3 is 10.2 Å². The minimum absolute atomic E-state index is 0.0274. The van der Waals surface area contributed by atoms with Crippen LogP contribution >= 0.6 is 0 Å². The fraction of sp³-hybridized carbons (Fsp3) is 0.167. The topological polar surface area (TPSA) is 58.1 Å². The number of anilines is 3. The maximum absolute atomic E-state index is 13.1. The zero-order valence-electron chi connectivity index (χ0n) is 13.3. The van der Waals surface area contributed by atoms with Gasteiger partial charge in [-0.05, 0) is 35.9 Å². The van der Waals surface area contributed by atoms with Crippen LogP contribution in [0, 0.1) is 0 Å². The molecular formula is C18H14F2N4O. The highest BCUT2D eigenvalue weighted by Crippen LogP contribution is 2.32. The number of nitrogens with one attached hydrogen (secondary N) is 1. The summed E-state index contributed by atoms with van der Waals surface area (Å²) in [6, 6.07) is 12.5. The highest BCUT2D eigenvalue weighted by molar-refractivity contribution is 6.01. The number of likely N-dealkylation sites (N-methyl/N-ethyl adjacent to an activating group) is 1. The van der Waals surface area contributed by atoms with Gasteiger partial charge in [-0.25, -0.2) is 18.7 Å². The highest BCUT2D eigenvalue weighted by Gasteiger charge is 2.24. The average Bonchev–Trinajstić information content (AvgIpc) is 2.88. The second-order valence-corrected chi connectivity index (χ2v) is 5.85. The van der Waals surface area contributed by atoms with Crippen LogP contribution in [0.1, 0.15) is 17.8 Å². The van der Waals surface area contributed by atoms with Gasteiger partial charge in [-0.15, -0.1) is 0 Å². The van der Waals surface area contributed by atoms with Gasteiger partial charge in [0.15, 0.2) is 5.82 Å². The van der Waals surface area contributed by atoms with Crippen LogP contribution in [0.4, 0.5) is 26.0 Å². The van der Waals surface area contributed by atoms with E-state index in [0.29, 0.717) is 28.8 Å². The fourth-order valence-electron chi connectivity index (χ4n) is 2.97. The lowest BCUT2D eigenvalue weighted by molar-refractivity contribution is -0.117. The van der Waals surface area contributed by atoms with Crippen molar-refractivity contribution in [2.45, 2.75) is 12.8 Å². The number of para-hydroxylation sites is 1. The molecule has 0 saturated heterocycles. The molecular weight excluding hydrogens is 326 g/mol. The number of aromatic nitrogens is 2. The molecule has 0 spiro atoms. The number of carbonyl (C=O) groups is 1. The zero-order valence-corrected chi connectivity index (χ0v) is 13.3. The molecule has 25 heavy (non-hydrogen) atoms. The first kappa shape index (κ1) is 15.4. The van der Waals surface area contributed by atoms with Gasteiger partial charge in [0.05, 0.1) is 11.9 Å². The van der Waals surface area contributed by atoms with Crippen molar-refractivity contribution in [1.82, 2.24) is 9.97 Å². The van der Waals surface area contributed by atoms with E-state index in [0.717, 1.165) is 11.3 Å². The molecule has 1 aliphatic heterocycles. The van der Waals surface area contributed by atoms with Crippen LogP contribution < -0.4 is 10.2 Å². The van der Waals surface area contributed by atoms with E-state index in [-0.39, 0.29) is 5.91 Å². The second-order valence-electron chi connectivity index (χ2n) is 5.85. The summed E-state index contributed by atoms with van der Waals surface area (Å²) in [5.41, 5.74) is 2.89. The number of alkyl halides is 2. The molecule has 126 valence electrons. The summed E-state index contributed by atoms with van der Waals surface area (Å²) in [6.07, 6.45) is -2.43. The van der Waals surface area contributed by atoms with E-state index in [1.54, 1.807) is 42.3 Å². The highest BCUT2D eigenvalue weighted by atomic mass is 19.3. The molecule has 4 rings (SSSR count). The van der Waals surface area contributed by atoms with Gasteiger partial charge in [0.2, 0.25) is 5.91 Å². The number of hydrogen-bond donors (Lipinski definition) is 1. The van der Waals surface area contributed by atoms with Gasteiger partial charge in [0, 0.05) is 23.8 Å². The number of amides is 1. The van der Waals surface area contributed by atoms with Crippen LogP contribution in [-0.4, -0.2) is 22.9 Å². The number of rotatable bonds is 3. The Labute approximate surface area is 142 Å². The van der Waals surface area contributed by atoms with E-state index >= 15 is 0 Å². The Bertz CT molecular complexity index is 990. The summed E-state index contributed by atoms with van der Waals surface area (Å²) in [7, 11) is 1.73.